The second kappa shape index (κ2) is 5.49. The van der Waals surface area contributed by atoms with E-state index in [2.05, 4.69) is 31.3 Å². The number of halogens is 1. The minimum absolute atomic E-state index is 0.0300. The third-order valence-electron chi connectivity index (χ3n) is 2.21. The molecule has 0 saturated carbocycles. The molecule has 4 nitrogen and oxygen atoms in total. The lowest BCUT2D eigenvalue weighted by Crippen LogP contribution is -2.29. The summed E-state index contributed by atoms with van der Waals surface area (Å²) < 4.78 is 0.971. The topological polar surface area (TPSA) is 63.8 Å². The molecule has 0 amide bonds. The fraction of sp³-hybridized carbons (Fsp3) is 0.200. The molecule has 0 saturated heterocycles. The van der Waals surface area contributed by atoms with Crippen LogP contribution in [0.4, 0.5) is 0 Å². The van der Waals surface area contributed by atoms with Gasteiger partial charge in [-0.2, -0.15) is 0 Å². The largest absolute Gasteiger partial charge is 0.271 e. The van der Waals surface area contributed by atoms with Crippen molar-refractivity contribution in [2.45, 2.75) is 12.5 Å². The Morgan fingerprint density at radius 2 is 2.38 bits per heavy atom. The highest BCUT2D eigenvalue weighted by Crippen LogP contribution is 2.19. The molecule has 0 radical (unpaired) electrons. The van der Waals surface area contributed by atoms with Gasteiger partial charge in [0.1, 0.15) is 0 Å². The van der Waals surface area contributed by atoms with Gasteiger partial charge in [-0.1, -0.05) is 0 Å². The van der Waals surface area contributed by atoms with E-state index in [0.717, 1.165) is 22.2 Å². The summed E-state index contributed by atoms with van der Waals surface area (Å²) in [6.07, 6.45) is 4.37. The molecule has 0 bridgehead atoms. The third kappa shape index (κ3) is 2.85. The summed E-state index contributed by atoms with van der Waals surface area (Å²) in [5.74, 6) is 5.53. The molecule has 0 fully saturated rings. The Balaban J connectivity index is 2.13. The van der Waals surface area contributed by atoms with E-state index in [4.69, 9.17) is 5.84 Å². The number of hydrogen-bond donors (Lipinski definition) is 2. The zero-order valence-electron chi connectivity index (χ0n) is 8.43. The van der Waals surface area contributed by atoms with Gasteiger partial charge in [-0.15, -0.1) is 11.3 Å². The van der Waals surface area contributed by atoms with Gasteiger partial charge < -0.3 is 0 Å². The van der Waals surface area contributed by atoms with Crippen LogP contribution in [0.2, 0.25) is 0 Å². The van der Waals surface area contributed by atoms with E-state index in [1.54, 1.807) is 23.0 Å². The van der Waals surface area contributed by atoms with Crippen molar-refractivity contribution in [3.8, 4) is 0 Å². The number of nitrogens with one attached hydrogen (secondary N) is 1. The van der Waals surface area contributed by atoms with Crippen molar-refractivity contribution in [2.75, 3.05) is 0 Å². The van der Waals surface area contributed by atoms with Gasteiger partial charge in [0.15, 0.2) is 0 Å². The number of nitrogens with zero attached hydrogens (tertiary/aromatic N) is 2. The summed E-state index contributed by atoms with van der Waals surface area (Å²) >= 11 is 4.96. The van der Waals surface area contributed by atoms with Crippen LogP contribution in [0.15, 0.2) is 33.8 Å². The van der Waals surface area contributed by atoms with E-state index in [9.17, 15) is 0 Å². The molecule has 2 aromatic rings. The van der Waals surface area contributed by atoms with Crippen LogP contribution in [0.1, 0.15) is 17.3 Å². The monoisotopic (exact) mass is 298 g/mol. The van der Waals surface area contributed by atoms with Gasteiger partial charge in [0, 0.05) is 22.2 Å². The molecule has 0 aliphatic rings. The van der Waals surface area contributed by atoms with E-state index >= 15 is 0 Å². The quantitative estimate of drug-likeness (QED) is 0.670. The number of hydrazine groups is 1. The second-order valence-corrected chi connectivity index (χ2v) is 4.98. The van der Waals surface area contributed by atoms with E-state index in [1.807, 2.05) is 17.6 Å². The van der Waals surface area contributed by atoms with E-state index < -0.39 is 0 Å². The summed E-state index contributed by atoms with van der Waals surface area (Å²) in [6.45, 7) is 0. The van der Waals surface area contributed by atoms with Crippen molar-refractivity contribution in [1.29, 1.82) is 0 Å². The molecular formula is C10H11BrN4S. The van der Waals surface area contributed by atoms with Crippen LogP contribution >= 0.6 is 27.3 Å². The second-order valence-electron chi connectivity index (χ2n) is 3.35. The van der Waals surface area contributed by atoms with Crippen molar-refractivity contribution in [1.82, 2.24) is 15.4 Å². The Bertz CT molecular complexity index is 446. The number of hydrogen-bond acceptors (Lipinski definition) is 5. The fourth-order valence-corrected chi connectivity index (χ4v) is 2.47. The lowest BCUT2D eigenvalue weighted by molar-refractivity contribution is 0.540. The molecule has 6 heteroatoms. The third-order valence-corrected chi connectivity index (χ3v) is 3.25. The summed E-state index contributed by atoms with van der Waals surface area (Å²) in [5, 5.41) is 2.00. The summed E-state index contributed by atoms with van der Waals surface area (Å²) in [6, 6.07) is 2.06. The Kier molecular flexibility index (Phi) is 4.00. The molecule has 16 heavy (non-hydrogen) atoms. The van der Waals surface area contributed by atoms with Crippen LogP contribution in [-0.2, 0) is 6.42 Å². The van der Waals surface area contributed by atoms with E-state index in [-0.39, 0.29) is 6.04 Å². The number of nitrogens with two attached hydrogens (primary N) is 1. The minimum Gasteiger partial charge on any atom is -0.271 e. The highest BCUT2D eigenvalue weighted by Gasteiger charge is 2.12. The predicted octanol–water partition coefficient (Wildman–Crippen LogP) is 2.05. The zero-order chi connectivity index (χ0) is 11.4. The summed E-state index contributed by atoms with van der Waals surface area (Å²) in [4.78, 5) is 8.37. The van der Waals surface area contributed by atoms with E-state index in [1.165, 1.54) is 0 Å². The first kappa shape index (κ1) is 11.7. The molecule has 2 rings (SSSR count). The standard InChI is InChI=1S/C10H11BrN4S/c11-8-1-7(3-13-4-8)2-9(15-12)10-5-16-6-14-10/h1,3-6,9,15H,2,12H2. The lowest BCUT2D eigenvalue weighted by Gasteiger charge is -2.13. The SMILES string of the molecule is NNC(Cc1cncc(Br)c1)c1cscn1. The van der Waals surface area contributed by atoms with Gasteiger partial charge in [-0.05, 0) is 34.0 Å². The zero-order valence-corrected chi connectivity index (χ0v) is 10.8. The van der Waals surface area contributed by atoms with Gasteiger partial charge in [-0.25, -0.2) is 4.98 Å². The van der Waals surface area contributed by atoms with E-state index in [0.29, 0.717) is 0 Å². The van der Waals surface area contributed by atoms with Crippen LogP contribution in [0.25, 0.3) is 0 Å². The number of pyridine rings is 1. The normalized spacial score (nSPS) is 12.6. The molecular weight excluding hydrogens is 288 g/mol. The van der Waals surface area contributed by atoms with Gasteiger partial charge >= 0.3 is 0 Å². The average Bonchev–Trinajstić information content (AvgIpc) is 2.79. The molecule has 84 valence electrons. The van der Waals surface area contributed by atoms with Crippen LogP contribution < -0.4 is 11.3 Å². The Morgan fingerprint density at radius 1 is 1.50 bits per heavy atom. The highest BCUT2D eigenvalue weighted by atomic mass is 79.9. The average molecular weight is 299 g/mol. The maximum Gasteiger partial charge on any atom is 0.0795 e. The maximum absolute atomic E-state index is 5.53. The number of thiazole rings is 1. The molecule has 1 atom stereocenters. The van der Waals surface area contributed by atoms with Crippen LogP contribution in [0, 0.1) is 0 Å². The highest BCUT2D eigenvalue weighted by molar-refractivity contribution is 9.10. The molecule has 0 aromatic carbocycles. The number of rotatable bonds is 4. The molecule has 2 heterocycles. The van der Waals surface area contributed by atoms with Crippen molar-refractivity contribution < 1.29 is 0 Å². The first-order valence-corrected chi connectivity index (χ1v) is 6.47. The van der Waals surface area contributed by atoms with Gasteiger partial charge in [-0.3, -0.25) is 16.3 Å². The molecule has 0 spiro atoms. The van der Waals surface area contributed by atoms with Crippen molar-refractivity contribution in [2.24, 2.45) is 5.84 Å². The summed E-state index contributed by atoms with van der Waals surface area (Å²) in [7, 11) is 0. The van der Waals surface area contributed by atoms with Gasteiger partial charge in [0.05, 0.1) is 17.2 Å². The summed E-state index contributed by atoms with van der Waals surface area (Å²) in [5.41, 5.74) is 6.66. The molecule has 2 aromatic heterocycles. The smallest absolute Gasteiger partial charge is 0.0795 e. The van der Waals surface area contributed by atoms with Crippen LogP contribution in [0.3, 0.4) is 0 Å². The number of aromatic nitrogens is 2. The van der Waals surface area contributed by atoms with Crippen LogP contribution in [-0.4, -0.2) is 9.97 Å². The molecule has 0 aliphatic carbocycles. The lowest BCUT2D eigenvalue weighted by atomic mass is 10.1. The first-order valence-electron chi connectivity index (χ1n) is 4.73. The van der Waals surface area contributed by atoms with Crippen molar-refractivity contribution in [3.63, 3.8) is 0 Å². The van der Waals surface area contributed by atoms with Crippen molar-refractivity contribution in [3.05, 3.63) is 45.1 Å². The minimum atomic E-state index is 0.0300. The van der Waals surface area contributed by atoms with Gasteiger partial charge in [0.25, 0.3) is 0 Å². The maximum atomic E-state index is 5.53. The first-order chi connectivity index (χ1) is 7.79. The van der Waals surface area contributed by atoms with Gasteiger partial charge in [0.2, 0.25) is 0 Å². The Labute approximate surface area is 106 Å². The van der Waals surface area contributed by atoms with Crippen LogP contribution in [0.5, 0.6) is 0 Å². The fourth-order valence-electron chi connectivity index (χ4n) is 1.45. The van der Waals surface area contributed by atoms with Crippen molar-refractivity contribution >= 4 is 27.3 Å². The molecule has 0 aliphatic heterocycles. The molecule has 1 unspecified atom stereocenters. The Morgan fingerprint density at radius 3 is 3.00 bits per heavy atom. The predicted molar refractivity (Wildman–Crippen MR) is 67.8 cm³/mol. The Hall–Kier alpha value is -0.820. The molecule has 3 N–H and O–H groups in total.